The molecule has 0 saturated heterocycles. The SMILES string of the molecule is Nc1ncccc1Nc1c(Cl)cc(Cl)c2c1N=S=N2. The van der Waals surface area contributed by atoms with Gasteiger partial charge in [0.15, 0.2) is 0 Å². The highest BCUT2D eigenvalue weighted by Gasteiger charge is 2.19. The Kier molecular flexibility index (Phi) is 3.14. The van der Waals surface area contributed by atoms with Gasteiger partial charge in [0, 0.05) is 6.20 Å². The van der Waals surface area contributed by atoms with Crippen LogP contribution in [-0.2, 0) is 11.4 Å². The van der Waals surface area contributed by atoms with Gasteiger partial charge in [-0.05, 0) is 18.2 Å². The Morgan fingerprint density at radius 2 is 1.95 bits per heavy atom. The predicted molar refractivity (Wildman–Crippen MR) is 79.9 cm³/mol. The Bertz CT molecular complexity index is 740. The van der Waals surface area contributed by atoms with Gasteiger partial charge in [-0.2, -0.15) is 8.73 Å². The topological polar surface area (TPSA) is 75.7 Å². The number of hydrogen-bond donors (Lipinski definition) is 2. The van der Waals surface area contributed by atoms with Crippen molar-refractivity contribution in [1.82, 2.24) is 4.98 Å². The zero-order valence-electron chi connectivity index (χ0n) is 9.39. The summed E-state index contributed by atoms with van der Waals surface area (Å²) >= 11 is 13.3. The van der Waals surface area contributed by atoms with Crippen LogP contribution in [0, 0.1) is 0 Å². The van der Waals surface area contributed by atoms with Crippen LogP contribution < -0.4 is 11.1 Å². The number of anilines is 3. The Hall–Kier alpha value is -1.63. The van der Waals surface area contributed by atoms with Gasteiger partial charge in [-0.3, -0.25) is 0 Å². The summed E-state index contributed by atoms with van der Waals surface area (Å²) in [5, 5.41) is 4.05. The first-order valence-electron chi connectivity index (χ1n) is 5.24. The molecular weight excluding hydrogens is 305 g/mol. The molecule has 0 saturated carbocycles. The van der Waals surface area contributed by atoms with Gasteiger partial charge in [0.1, 0.15) is 17.2 Å². The molecule has 1 aliphatic heterocycles. The van der Waals surface area contributed by atoms with Gasteiger partial charge in [0.2, 0.25) is 0 Å². The maximum atomic E-state index is 6.20. The van der Waals surface area contributed by atoms with Crippen molar-refractivity contribution < 1.29 is 0 Å². The summed E-state index contributed by atoms with van der Waals surface area (Å²) < 4.78 is 8.34. The molecule has 0 aliphatic carbocycles. The molecule has 19 heavy (non-hydrogen) atoms. The fourth-order valence-electron chi connectivity index (χ4n) is 1.65. The Labute approximate surface area is 122 Å². The van der Waals surface area contributed by atoms with E-state index in [2.05, 4.69) is 19.0 Å². The summed E-state index contributed by atoms with van der Waals surface area (Å²) in [5.41, 5.74) is 8.29. The van der Waals surface area contributed by atoms with E-state index in [1.54, 1.807) is 24.4 Å². The van der Waals surface area contributed by atoms with Crippen LogP contribution in [0.25, 0.3) is 0 Å². The third kappa shape index (κ3) is 2.18. The quantitative estimate of drug-likeness (QED) is 0.734. The van der Waals surface area contributed by atoms with Crippen LogP contribution in [0.4, 0.5) is 28.6 Å². The second kappa shape index (κ2) is 4.80. The second-order valence-electron chi connectivity index (χ2n) is 3.74. The minimum absolute atomic E-state index is 0.379. The first-order chi connectivity index (χ1) is 9.16. The summed E-state index contributed by atoms with van der Waals surface area (Å²) in [6.45, 7) is 0. The van der Waals surface area contributed by atoms with Crippen molar-refractivity contribution >= 4 is 63.1 Å². The number of nitrogens with two attached hydrogens (primary N) is 1. The number of benzene rings is 1. The molecule has 0 atom stereocenters. The van der Waals surface area contributed by atoms with Crippen molar-refractivity contribution in [1.29, 1.82) is 0 Å². The van der Waals surface area contributed by atoms with Gasteiger partial charge in [-0.25, -0.2) is 4.98 Å². The first-order valence-corrected chi connectivity index (χ1v) is 6.73. The van der Waals surface area contributed by atoms with E-state index in [9.17, 15) is 0 Å². The average molecular weight is 312 g/mol. The van der Waals surface area contributed by atoms with Gasteiger partial charge in [-0.1, -0.05) is 23.2 Å². The number of fused-ring (bicyclic) bond motifs is 1. The van der Waals surface area contributed by atoms with E-state index in [0.717, 1.165) is 11.4 Å². The zero-order chi connectivity index (χ0) is 13.4. The number of hydrogen-bond acceptors (Lipinski definition) is 5. The second-order valence-corrected chi connectivity index (χ2v) is 5.08. The molecule has 1 aliphatic rings. The molecule has 2 aromatic rings. The van der Waals surface area contributed by atoms with Crippen molar-refractivity contribution in [3.63, 3.8) is 0 Å². The fourth-order valence-corrected chi connectivity index (χ4v) is 2.81. The van der Waals surface area contributed by atoms with Crippen molar-refractivity contribution in [3.8, 4) is 0 Å². The molecule has 0 bridgehead atoms. The zero-order valence-corrected chi connectivity index (χ0v) is 11.7. The number of halogens is 2. The minimum Gasteiger partial charge on any atom is -0.382 e. The fraction of sp³-hybridized carbons (Fsp3) is 0. The van der Waals surface area contributed by atoms with E-state index < -0.39 is 0 Å². The lowest BCUT2D eigenvalue weighted by atomic mass is 10.2. The van der Waals surface area contributed by atoms with Crippen molar-refractivity contribution in [3.05, 3.63) is 34.4 Å². The number of aromatic nitrogens is 1. The third-order valence-corrected chi connectivity index (χ3v) is 3.66. The standard InChI is InChI=1S/C11H7Cl2N5S/c12-5-4-6(13)9-10(18-19-17-9)8(5)16-7-2-1-3-15-11(7)14/h1-4,16H,(H2,14,15). The molecule has 3 rings (SSSR count). The highest BCUT2D eigenvalue weighted by atomic mass is 35.5. The number of nitrogens with one attached hydrogen (secondary N) is 1. The molecule has 0 fully saturated rings. The van der Waals surface area contributed by atoms with E-state index in [4.69, 9.17) is 28.9 Å². The number of pyridine rings is 1. The Morgan fingerprint density at radius 1 is 1.16 bits per heavy atom. The summed E-state index contributed by atoms with van der Waals surface area (Å²) in [5.74, 6) is 0.379. The van der Waals surface area contributed by atoms with Gasteiger partial charge >= 0.3 is 0 Å². The molecular formula is C11H7Cl2N5S. The summed E-state index contributed by atoms with van der Waals surface area (Å²) in [6.07, 6.45) is 1.62. The normalized spacial score (nSPS) is 12.1. The highest BCUT2D eigenvalue weighted by molar-refractivity contribution is 7.58. The molecule has 1 aromatic carbocycles. The van der Waals surface area contributed by atoms with Gasteiger partial charge in [0.05, 0.1) is 32.8 Å². The molecule has 0 spiro atoms. The van der Waals surface area contributed by atoms with Crippen LogP contribution in [-0.4, -0.2) is 4.98 Å². The summed E-state index contributed by atoms with van der Waals surface area (Å²) in [7, 11) is 0. The van der Waals surface area contributed by atoms with Crippen molar-refractivity contribution in [2.45, 2.75) is 0 Å². The maximum absolute atomic E-state index is 6.20. The van der Waals surface area contributed by atoms with Gasteiger partial charge in [0.25, 0.3) is 0 Å². The first kappa shape index (κ1) is 12.4. The number of nitrogen functional groups attached to an aromatic ring is 1. The average Bonchev–Trinajstić information content (AvgIpc) is 2.86. The lowest BCUT2D eigenvalue weighted by Gasteiger charge is -2.12. The Morgan fingerprint density at radius 3 is 2.74 bits per heavy atom. The van der Waals surface area contributed by atoms with Gasteiger partial charge in [-0.15, -0.1) is 0 Å². The van der Waals surface area contributed by atoms with Crippen molar-refractivity contribution in [2.24, 2.45) is 8.73 Å². The van der Waals surface area contributed by atoms with Crippen LogP contribution in [0.3, 0.4) is 0 Å². The van der Waals surface area contributed by atoms with Crippen LogP contribution in [0.5, 0.6) is 0 Å². The van der Waals surface area contributed by atoms with E-state index in [1.807, 2.05) is 0 Å². The minimum atomic E-state index is 0.379. The predicted octanol–water partition coefficient (Wildman–Crippen LogP) is 4.44. The third-order valence-electron chi connectivity index (χ3n) is 2.54. The van der Waals surface area contributed by atoms with Crippen LogP contribution in [0.15, 0.2) is 33.1 Å². The van der Waals surface area contributed by atoms with E-state index in [0.29, 0.717) is 38.6 Å². The summed E-state index contributed by atoms with van der Waals surface area (Å²) in [6, 6.07) is 5.21. The molecule has 2 heterocycles. The van der Waals surface area contributed by atoms with E-state index >= 15 is 0 Å². The van der Waals surface area contributed by atoms with E-state index in [-0.39, 0.29) is 0 Å². The smallest absolute Gasteiger partial charge is 0.147 e. The lowest BCUT2D eigenvalue weighted by Crippen LogP contribution is -1.98. The Balaban J connectivity index is 2.10. The lowest BCUT2D eigenvalue weighted by molar-refractivity contribution is 1.33. The number of nitrogens with zero attached hydrogens (tertiary/aromatic N) is 3. The molecule has 96 valence electrons. The molecule has 1 aromatic heterocycles. The maximum Gasteiger partial charge on any atom is 0.147 e. The van der Waals surface area contributed by atoms with Crippen LogP contribution >= 0.6 is 23.2 Å². The van der Waals surface area contributed by atoms with Gasteiger partial charge < -0.3 is 11.1 Å². The van der Waals surface area contributed by atoms with Crippen molar-refractivity contribution in [2.75, 3.05) is 11.1 Å². The molecule has 3 N–H and O–H groups in total. The van der Waals surface area contributed by atoms with Crippen LogP contribution in [0.1, 0.15) is 0 Å². The molecule has 5 nitrogen and oxygen atoms in total. The van der Waals surface area contributed by atoms with Crippen LogP contribution in [0.2, 0.25) is 10.0 Å². The molecule has 8 heteroatoms. The monoisotopic (exact) mass is 311 g/mol. The summed E-state index contributed by atoms with van der Waals surface area (Å²) in [4.78, 5) is 4.00. The molecule has 0 amide bonds. The largest absolute Gasteiger partial charge is 0.382 e. The highest BCUT2D eigenvalue weighted by Crippen LogP contribution is 2.48. The number of rotatable bonds is 2. The van der Waals surface area contributed by atoms with E-state index in [1.165, 1.54) is 0 Å². The molecule has 0 unspecified atom stereocenters. The molecule has 0 radical (unpaired) electrons.